The molecule has 0 saturated carbocycles. The molecule has 74 valence electrons. The van der Waals surface area contributed by atoms with Crippen molar-refractivity contribution in [3.8, 4) is 0 Å². The first-order chi connectivity index (χ1) is 5.83. The normalized spacial score (nSPS) is 9.00. The van der Waals surface area contributed by atoms with Crippen molar-refractivity contribution in [2.24, 2.45) is 0 Å². The monoisotopic (exact) mass is 170 g/mol. The van der Waals surface area contributed by atoms with Crippen LogP contribution >= 0.6 is 0 Å². The van der Waals surface area contributed by atoms with E-state index < -0.39 is 0 Å². The van der Waals surface area contributed by atoms with Gasteiger partial charge in [-0.2, -0.15) is 0 Å². The second kappa shape index (κ2) is 17.2. The van der Waals surface area contributed by atoms with Crippen LogP contribution in [0.5, 0.6) is 0 Å². The van der Waals surface area contributed by atoms with Crippen molar-refractivity contribution in [1.29, 1.82) is 0 Å². The van der Waals surface area contributed by atoms with E-state index in [1.165, 1.54) is 38.5 Å². The fourth-order valence-electron chi connectivity index (χ4n) is 0.780. The third-order valence-electron chi connectivity index (χ3n) is 1.71. The van der Waals surface area contributed by atoms with Gasteiger partial charge < -0.3 is 0 Å². The summed E-state index contributed by atoms with van der Waals surface area (Å²) in [6.07, 6.45) is 10.3. The molecule has 0 heterocycles. The summed E-state index contributed by atoms with van der Waals surface area (Å²) in [7, 11) is 0. The maximum absolute atomic E-state index is 3.78. The van der Waals surface area contributed by atoms with E-state index in [4.69, 9.17) is 0 Å². The van der Waals surface area contributed by atoms with Gasteiger partial charge in [-0.05, 0) is 0 Å². The maximum Gasteiger partial charge on any atom is -0.0533 e. The van der Waals surface area contributed by atoms with E-state index in [0.29, 0.717) is 0 Å². The van der Waals surface area contributed by atoms with Crippen LogP contribution < -0.4 is 0 Å². The molecule has 12 heavy (non-hydrogen) atoms. The molecular formula is C12H26. The summed E-state index contributed by atoms with van der Waals surface area (Å²) in [6.45, 7) is 11.7. The summed E-state index contributed by atoms with van der Waals surface area (Å²) in [4.78, 5) is 0. The highest BCUT2D eigenvalue weighted by molar-refractivity contribution is 4.43. The van der Waals surface area contributed by atoms with Crippen molar-refractivity contribution in [1.82, 2.24) is 0 Å². The molecule has 0 atom stereocenters. The molecule has 0 aromatic heterocycles. The molecule has 0 nitrogen and oxygen atoms in total. The zero-order chi connectivity index (χ0) is 9.66. The Labute approximate surface area is 79.8 Å². The first-order valence-corrected chi connectivity index (χ1v) is 5.41. The molecule has 0 bridgehead atoms. The lowest BCUT2D eigenvalue weighted by molar-refractivity contribution is 0.637. The standard InChI is InChI=1S/C8H17.C4H9/c1-3-5-7-8-6-4-2;1-3-4-2/h1,3-8H2,2H3;1,3-4H2,2H3. The van der Waals surface area contributed by atoms with E-state index in [0.717, 1.165) is 12.8 Å². The van der Waals surface area contributed by atoms with E-state index in [9.17, 15) is 0 Å². The van der Waals surface area contributed by atoms with Gasteiger partial charge in [-0.3, -0.25) is 0 Å². The number of hydrogen-bond donors (Lipinski definition) is 0. The van der Waals surface area contributed by atoms with Gasteiger partial charge in [0.2, 0.25) is 0 Å². The van der Waals surface area contributed by atoms with Gasteiger partial charge in [0.05, 0.1) is 0 Å². The van der Waals surface area contributed by atoms with E-state index in [-0.39, 0.29) is 0 Å². The van der Waals surface area contributed by atoms with Gasteiger partial charge in [-0.1, -0.05) is 79.1 Å². The van der Waals surface area contributed by atoms with Crippen molar-refractivity contribution >= 4 is 0 Å². The quantitative estimate of drug-likeness (QED) is 0.502. The lowest BCUT2D eigenvalue weighted by atomic mass is 10.1. The first kappa shape index (κ1) is 14.5. The van der Waals surface area contributed by atoms with Crippen LogP contribution in [0, 0.1) is 13.8 Å². The molecule has 0 amide bonds. The number of unbranched alkanes of at least 4 members (excludes halogenated alkanes) is 6. The Morgan fingerprint density at radius 2 is 1.17 bits per heavy atom. The van der Waals surface area contributed by atoms with Gasteiger partial charge in [-0.25, -0.2) is 0 Å². The third kappa shape index (κ3) is 22.5. The van der Waals surface area contributed by atoms with Crippen LogP contribution in [0.2, 0.25) is 0 Å². The molecule has 0 aliphatic heterocycles. The third-order valence-corrected chi connectivity index (χ3v) is 1.71. The summed E-state index contributed by atoms with van der Waals surface area (Å²) in [5, 5.41) is 0. The molecule has 0 fully saturated rings. The van der Waals surface area contributed by atoms with E-state index in [1.807, 2.05) is 0 Å². The number of rotatable bonds is 6. The SMILES string of the molecule is [CH2]CCC.[CH2]CCCCCCC. The molecule has 2 radical (unpaired) electrons. The van der Waals surface area contributed by atoms with Crippen molar-refractivity contribution in [3.63, 3.8) is 0 Å². The fraction of sp³-hybridized carbons (Fsp3) is 0.833. The van der Waals surface area contributed by atoms with Crippen molar-refractivity contribution in [3.05, 3.63) is 13.8 Å². The maximum atomic E-state index is 3.78. The van der Waals surface area contributed by atoms with Crippen LogP contribution in [0.3, 0.4) is 0 Å². The molecule has 0 aliphatic rings. The topological polar surface area (TPSA) is 0 Å². The molecule has 0 unspecified atom stereocenters. The summed E-state index contributed by atoms with van der Waals surface area (Å²) in [5.74, 6) is 0. The zero-order valence-electron chi connectivity index (χ0n) is 9.07. The minimum atomic E-state index is 1.07. The van der Waals surface area contributed by atoms with Crippen LogP contribution in [-0.2, 0) is 0 Å². The zero-order valence-corrected chi connectivity index (χ0v) is 9.07. The predicted octanol–water partition coefficient (Wildman–Crippen LogP) is 4.80. The van der Waals surface area contributed by atoms with Gasteiger partial charge in [0.15, 0.2) is 0 Å². The smallest absolute Gasteiger partial charge is 0.0533 e. The summed E-state index contributed by atoms with van der Waals surface area (Å²) < 4.78 is 0. The lowest BCUT2D eigenvalue weighted by Crippen LogP contribution is -1.74. The average Bonchev–Trinajstić information content (AvgIpc) is 2.13. The molecule has 0 N–H and O–H groups in total. The van der Waals surface area contributed by atoms with Crippen molar-refractivity contribution in [2.45, 2.75) is 65.2 Å². The summed E-state index contributed by atoms with van der Waals surface area (Å²) in [5.41, 5.74) is 0. The molecule has 0 rings (SSSR count). The molecule has 0 aromatic carbocycles. The highest BCUT2D eigenvalue weighted by Crippen LogP contribution is 2.03. The van der Waals surface area contributed by atoms with Crippen molar-refractivity contribution in [2.75, 3.05) is 0 Å². The van der Waals surface area contributed by atoms with Gasteiger partial charge in [0.25, 0.3) is 0 Å². The van der Waals surface area contributed by atoms with Gasteiger partial charge >= 0.3 is 0 Å². The molecule has 0 spiro atoms. The van der Waals surface area contributed by atoms with E-state index >= 15 is 0 Å². The Bertz CT molecular complexity index is 40.0. The second-order valence-electron chi connectivity index (χ2n) is 3.12. The molecule has 0 aliphatic carbocycles. The molecule has 0 saturated heterocycles. The van der Waals surface area contributed by atoms with Crippen LogP contribution in [0.15, 0.2) is 0 Å². The van der Waals surface area contributed by atoms with E-state index in [1.54, 1.807) is 0 Å². The Morgan fingerprint density at radius 3 is 1.50 bits per heavy atom. The minimum Gasteiger partial charge on any atom is -0.0654 e. The average molecular weight is 170 g/mol. The number of hydrogen-bond acceptors (Lipinski definition) is 0. The highest BCUT2D eigenvalue weighted by Gasteiger charge is 1.83. The fourth-order valence-corrected chi connectivity index (χ4v) is 0.780. The van der Waals surface area contributed by atoms with Gasteiger partial charge in [0.1, 0.15) is 0 Å². The summed E-state index contributed by atoms with van der Waals surface area (Å²) in [6, 6.07) is 0. The van der Waals surface area contributed by atoms with Crippen LogP contribution in [-0.4, -0.2) is 0 Å². The lowest BCUT2D eigenvalue weighted by Gasteiger charge is -1.93. The van der Waals surface area contributed by atoms with Crippen LogP contribution in [0.1, 0.15) is 65.2 Å². The van der Waals surface area contributed by atoms with Crippen LogP contribution in [0.25, 0.3) is 0 Å². The Kier molecular flexibility index (Phi) is 20.8. The minimum absolute atomic E-state index is 1.07. The van der Waals surface area contributed by atoms with Gasteiger partial charge in [-0.15, -0.1) is 0 Å². The largest absolute Gasteiger partial charge is 0.0654 e. The Morgan fingerprint density at radius 1 is 0.667 bits per heavy atom. The highest BCUT2D eigenvalue weighted by atomic mass is 13.9. The molecule has 0 heteroatoms. The van der Waals surface area contributed by atoms with E-state index in [2.05, 4.69) is 27.7 Å². The second-order valence-corrected chi connectivity index (χ2v) is 3.12. The molecule has 0 aromatic rings. The van der Waals surface area contributed by atoms with Crippen LogP contribution in [0.4, 0.5) is 0 Å². The Balaban J connectivity index is 0. The molecular weight excluding hydrogens is 144 g/mol. The predicted molar refractivity (Wildman–Crippen MR) is 59.0 cm³/mol. The summed E-state index contributed by atoms with van der Waals surface area (Å²) >= 11 is 0. The van der Waals surface area contributed by atoms with Crippen molar-refractivity contribution < 1.29 is 0 Å². The first-order valence-electron chi connectivity index (χ1n) is 5.41. The Hall–Kier alpha value is 0. The van der Waals surface area contributed by atoms with Gasteiger partial charge in [0, 0.05) is 0 Å².